The number of hydrogen-bond donors (Lipinski definition) is 1. The molecular weight excluding hydrogens is 285 g/mol. The Hall–Kier alpha value is -0.0700. The van der Waals surface area contributed by atoms with Crippen LogP contribution >= 0.6 is 15.9 Å². The normalized spacial score (nSPS) is 20.0. The molecule has 1 aliphatic heterocycles. The zero-order valence-corrected chi connectivity index (χ0v) is 10.6. The lowest BCUT2D eigenvalue weighted by molar-refractivity contribution is -0.148. The summed E-state index contributed by atoms with van der Waals surface area (Å²) in [4.78, 5) is 1.46. The van der Waals surface area contributed by atoms with Crippen LogP contribution in [0.2, 0.25) is 0 Å². The average Bonchev–Trinajstić information content (AvgIpc) is 2.14. The van der Waals surface area contributed by atoms with Crippen LogP contribution in [-0.2, 0) is 0 Å². The van der Waals surface area contributed by atoms with E-state index < -0.39 is 12.7 Å². The molecule has 0 aromatic carbocycles. The molecule has 1 N–H and O–H groups in total. The van der Waals surface area contributed by atoms with Gasteiger partial charge in [-0.2, -0.15) is 13.2 Å². The second-order valence-corrected chi connectivity index (χ2v) is 5.19. The molecule has 16 heavy (non-hydrogen) atoms. The quantitative estimate of drug-likeness (QED) is 0.858. The summed E-state index contributed by atoms with van der Waals surface area (Å²) < 4.78 is 37.2. The van der Waals surface area contributed by atoms with Crippen molar-refractivity contribution in [2.24, 2.45) is 0 Å². The molecule has 1 rings (SSSR count). The van der Waals surface area contributed by atoms with Crippen LogP contribution in [0.1, 0.15) is 12.8 Å². The molecule has 1 saturated heterocycles. The number of alkyl halides is 3. The van der Waals surface area contributed by atoms with Gasteiger partial charge >= 0.3 is 6.18 Å². The van der Waals surface area contributed by atoms with Crippen LogP contribution in [0.4, 0.5) is 13.2 Å². The van der Waals surface area contributed by atoms with Gasteiger partial charge in [0.05, 0.1) is 6.54 Å². The van der Waals surface area contributed by atoms with Crippen molar-refractivity contribution in [2.75, 3.05) is 26.2 Å². The van der Waals surface area contributed by atoms with Crippen molar-refractivity contribution in [3.05, 3.63) is 11.1 Å². The van der Waals surface area contributed by atoms with Gasteiger partial charge in [0.25, 0.3) is 0 Å². The predicted octanol–water partition coefficient (Wildman–Crippen LogP) is 2.51. The summed E-state index contributed by atoms with van der Waals surface area (Å²) in [6.07, 6.45) is -2.56. The van der Waals surface area contributed by atoms with Crippen LogP contribution in [0.25, 0.3) is 0 Å². The summed E-state index contributed by atoms with van der Waals surface area (Å²) in [5, 5.41) is 3.25. The predicted molar refractivity (Wildman–Crippen MR) is 61.6 cm³/mol. The minimum Gasteiger partial charge on any atom is -0.309 e. The molecule has 0 aromatic rings. The maximum absolute atomic E-state index is 12.1. The first-order valence-electron chi connectivity index (χ1n) is 5.22. The molecule has 0 bridgehead atoms. The van der Waals surface area contributed by atoms with E-state index in [1.54, 1.807) is 0 Å². The van der Waals surface area contributed by atoms with Crippen LogP contribution in [0, 0.1) is 0 Å². The van der Waals surface area contributed by atoms with Crippen LogP contribution in [0.3, 0.4) is 0 Å². The molecule has 0 spiro atoms. The monoisotopic (exact) mass is 300 g/mol. The maximum Gasteiger partial charge on any atom is 0.401 e. The third-order valence-electron chi connectivity index (χ3n) is 2.57. The first-order valence-corrected chi connectivity index (χ1v) is 6.02. The summed E-state index contributed by atoms with van der Waals surface area (Å²) in [6.45, 7) is 4.59. The van der Waals surface area contributed by atoms with Crippen molar-refractivity contribution >= 4 is 15.9 Å². The highest BCUT2D eigenvalue weighted by Crippen LogP contribution is 2.19. The van der Waals surface area contributed by atoms with Gasteiger partial charge in [-0.3, -0.25) is 4.90 Å². The summed E-state index contributed by atoms with van der Waals surface area (Å²) >= 11 is 3.24. The number of halogens is 4. The Balaban J connectivity index is 2.21. The Morgan fingerprint density at radius 2 is 1.94 bits per heavy atom. The van der Waals surface area contributed by atoms with E-state index in [2.05, 4.69) is 27.8 Å². The minimum atomic E-state index is -4.08. The van der Waals surface area contributed by atoms with E-state index in [4.69, 9.17) is 0 Å². The first-order chi connectivity index (χ1) is 7.37. The molecule has 2 nitrogen and oxygen atoms in total. The number of likely N-dealkylation sites (tertiary alicyclic amines) is 1. The Morgan fingerprint density at radius 1 is 1.38 bits per heavy atom. The van der Waals surface area contributed by atoms with Gasteiger partial charge in [0.15, 0.2) is 0 Å². The molecular formula is C10H16BrF3N2. The van der Waals surface area contributed by atoms with Gasteiger partial charge in [0.2, 0.25) is 0 Å². The SMILES string of the molecule is C=C(Br)CNC1CCN(CC(F)(F)F)CC1. The van der Waals surface area contributed by atoms with Crippen molar-refractivity contribution in [3.8, 4) is 0 Å². The van der Waals surface area contributed by atoms with E-state index in [0.717, 1.165) is 17.3 Å². The van der Waals surface area contributed by atoms with Crippen LogP contribution in [-0.4, -0.2) is 43.3 Å². The van der Waals surface area contributed by atoms with Gasteiger partial charge in [0.1, 0.15) is 0 Å². The van der Waals surface area contributed by atoms with Crippen molar-refractivity contribution in [2.45, 2.75) is 25.1 Å². The fourth-order valence-electron chi connectivity index (χ4n) is 1.80. The number of piperidine rings is 1. The van der Waals surface area contributed by atoms with Gasteiger partial charge in [-0.25, -0.2) is 0 Å². The highest BCUT2D eigenvalue weighted by Gasteiger charge is 2.32. The highest BCUT2D eigenvalue weighted by molar-refractivity contribution is 9.11. The molecule has 0 aliphatic carbocycles. The van der Waals surface area contributed by atoms with E-state index in [-0.39, 0.29) is 0 Å². The molecule has 1 fully saturated rings. The van der Waals surface area contributed by atoms with Gasteiger partial charge < -0.3 is 5.32 Å². The van der Waals surface area contributed by atoms with E-state index in [1.807, 2.05) is 0 Å². The number of nitrogens with zero attached hydrogens (tertiary/aromatic N) is 1. The zero-order valence-electron chi connectivity index (χ0n) is 8.99. The lowest BCUT2D eigenvalue weighted by Gasteiger charge is -2.32. The van der Waals surface area contributed by atoms with Crippen LogP contribution < -0.4 is 5.32 Å². The van der Waals surface area contributed by atoms with E-state index in [0.29, 0.717) is 25.7 Å². The third-order valence-corrected chi connectivity index (χ3v) is 2.85. The van der Waals surface area contributed by atoms with E-state index in [9.17, 15) is 13.2 Å². The van der Waals surface area contributed by atoms with Gasteiger partial charge in [0, 0.05) is 17.1 Å². The first kappa shape index (κ1) is 14.0. The zero-order chi connectivity index (χ0) is 12.2. The lowest BCUT2D eigenvalue weighted by Crippen LogP contribution is -2.45. The van der Waals surface area contributed by atoms with Gasteiger partial charge in [-0.15, -0.1) is 0 Å². The third kappa shape index (κ3) is 5.86. The second kappa shape index (κ2) is 6.02. The lowest BCUT2D eigenvalue weighted by atomic mass is 10.1. The van der Waals surface area contributed by atoms with E-state index >= 15 is 0 Å². The fourth-order valence-corrected chi connectivity index (χ4v) is 1.97. The summed E-state index contributed by atoms with van der Waals surface area (Å²) in [6, 6.07) is 0.304. The highest BCUT2D eigenvalue weighted by atomic mass is 79.9. The topological polar surface area (TPSA) is 15.3 Å². The fraction of sp³-hybridized carbons (Fsp3) is 0.800. The summed E-state index contributed by atoms with van der Waals surface area (Å²) in [5.74, 6) is 0. The number of hydrogen-bond acceptors (Lipinski definition) is 2. The number of nitrogens with one attached hydrogen (secondary N) is 1. The summed E-state index contributed by atoms with van der Waals surface area (Å²) in [7, 11) is 0. The molecule has 1 aliphatic rings. The van der Waals surface area contributed by atoms with Crippen LogP contribution in [0.15, 0.2) is 11.1 Å². The second-order valence-electron chi connectivity index (χ2n) is 4.06. The largest absolute Gasteiger partial charge is 0.401 e. The molecule has 0 saturated carbocycles. The van der Waals surface area contributed by atoms with Crippen molar-refractivity contribution in [1.29, 1.82) is 0 Å². The Morgan fingerprint density at radius 3 is 2.38 bits per heavy atom. The van der Waals surface area contributed by atoms with Gasteiger partial charge in [-0.1, -0.05) is 22.5 Å². The number of rotatable bonds is 4. The maximum atomic E-state index is 12.1. The van der Waals surface area contributed by atoms with Crippen LogP contribution in [0.5, 0.6) is 0 Å². The molecule has 0 atom stereocenters. The molecule has 0 amide bonds. The molecule has 94 valence electrons. The molecule has 1 heterocycles. The minimum absolute atomic E-state index is 0.304. The standard InChI is InChI=1S/C10H16BrF3N2/c1-8(11)6-15-9-2-4-16(5-3-9)7-10(12,13)14/h9,15H,1-7H2. The van der Waals surface area contributed by atoms with Crippen molar-refractivity contribution < 1.29 is 13.2 Å². The Bertz CT molecular complexity index is 235. The average molecular weight is 301 g/mol. The molecule has 0 unspecified atom stereocenters. The van der Waals surface area contributed by atoms with Crippen molar-refractivity contribution in [3.63, 3.8) is 0 Å². The molecule has 0 aromatic heterocycles. The molecule has 6 heteroatoms. The van der Waals surface area contributed by atoms with Crippen molar-refractivity contribution in [1.82, 2.24) is 10.2 Å². The Kier molecular flexibility index (Phi) is 5.27. The summed E-state index contributed by atoms with van der Waals surface area (Å²) in [5.41, 5.74) is 0. The van der Waals surface area contributed by atoms with E-state index in [1.165, 1.54) is 4.90 Å². The van der Waals surface area contributed by atoms with Gasteiger partial charge in [-0.05, 0) is 25.9 Å². The smallest absolute Gasteiger partial charge is 0.309 e. The Labute approximate surface area is 102 Å². The molecule has 0 radical (unpaired) electrons.